The first-order valence-electron chi connectivity index (χ1n) is 15.1. The smallest absolute Gasteiger partial charge is 0.416 e. The number of aryl methyl sites for hydroxylation is 3. The van der Waals surface area contributed by atoms with Crippen LogP contribution in [0.1, 0.15) is 77.7 Å². The van der Waals surface area contributed by atoms with Crippen LogP contribution in [-0.4, -0.2) is 47.1 Å². The highest BCUT2D eigenvalue weighted by atomic mass is 19.4. The van der Waals surface area contributed by atoms with Gasteiger partial charge in [-0.1, -0.05) is 13.8 Å². The van der Waals surface area contributed by atoms with Gasteiger partial charge >= 0.3 is 12.1 Å². The third-order valence-corrected chi connectivity index (χ3v) is 7.93. The minimum atomic E-state index is -4.80. The molecule has 2 aromatic carbocycles. The lowest BCUT2D eigenvalue weighted by Gasteiger charge is -2.27. The molecule has 8 nitrogen and oxygen atoms in total. The van der Waals surface area contributed by atoms with E-state index >= 15 is 4.39 Å². The van der Waals surface area contributed by atoms with Crippen molar-refractivity contribution in [3.8, 4) is 17.2 Å². The number of amides is 1. The number of benzene rings is 2. The lowest BCUT2D eigenvalue weighted by Crippen LogP contribution is -2.41. The van der Waals surface area contributed by atoms with Crippen molar-refractivity contribution in [3.05, 3.63) is 91.6 Å². The van der Waals surface area contributed by atoms with Gasteiger partial charge in [-0.25, -0.2) is 4.39 Å². The number of hydrogen-bond donors (Lipinski definition) is 2. The van der Waals surface area contributed by atoms with Gasteiger partial charge in [0, 0.05) is 24.4 Å². The maximum absolute atomic E-state index is 15.8. The number of nitrogens with zero attached hydrogens (tertiary/aromatic N) is 3. The summed E-state index contributed by atoms with van der Waals surface area (Å²) < 4.78 is 58.4. The zero-order chi connectivity index (χ0) is 35.4. The molecule has 0 saturated heterocycles. The molecule has 252 valence electrons. The Morgan fingerprint density at radius 2 is 1.66 bits per heavy atom. The molecule has 2 unspecified atom stereocenters. The van der Waals surface area contributed by atoms with E-state index in [-0.39, 0.29) is 42.0 Å². The van der Waals surface area contributed by atoms with Gasteiger partial charge in [0.2, 0.25) is 5.91 Å². The molecule has 0 saturated carbocycles. The van der Waals surface area contributed by atoms with Gasteiger partial charge in [-0.15, -0.1) is 0 Å². The van der Waals surface area contributed by atoms with Gasteiger partial charge in [0.05, 0.1) is 29.7 Å². The summed E-state index contributed by atoms with van der Waals surface area (Å²) in [4.78, 5) is 40.8. The van der Waals surface area contributed by atoms with E-state index in [0.29, 0.717) is 22.8 Å². The number of likely N-dealkylation sites (N-methyl/N-ethyl adjacent to an activating group) is 1. The largest absolute Gasteiger partial charge is 0.481 e. The molecule has 1 heterocycles. The van der Waals surface area contributed by atoms with E-state index < -0.39 is 53.5 Å². The molecule has 2 atom stereocenters. The molecule has 2 N–H and O–H groups in total. The van der Waals surface area contributed by atoms with Crippen LogP contribution in [-0.2, 0) is 22.2 Å². The van der Waals surface area contributed by atoms with E-state index in [4.69, 9.17) is 0 Å². The molecule has 0 fully saturated rings. The van der Waals surface area contributed by atoms with Crippen molar-refractivity contribution < 1.29 is 32.3 Å². The fourth-order valence-electron chi connectivity index (χ4n) is 5.80. The fourth-order valence-corrected chi connectivity index (χ4v) is 5.80. The summed E-state index contributed by atoms with van der Waals surface area (Å²) in [6, 6.07) is 6.30. The molecule has 0 aliphatic carbocycles. The number of carboxylic acid groups (broad SMARTS) is 1. The standard InChI is InChI=1S/C35H40F4N4O4/c1-19(2)10-29(43-18-24(8-9-42(6)7)27(15-30(43)44)35(37,38)39)34(47)41-28(16-31(45)46)26-14-25(13-22(5)33(26)36)32-20(3)11-23(17-40)12-21(32)4/h11-15,18-19,28-29H,8-10,16H2,1-7H3,(H,41,47)(H,45,46). The second-order valence-electron chi connectivity index (χ2n) is 12.6. The second kappa shape index (κ2) is 14.9. The maximum Gasteiger partial charge on any atom is 0.416 e. The molecule has 47 heavy (non-hydrogen) atoms. The topological polar surface area (TPSA) is 115 Å². The number of hydrogen-bond acceptors (Lipinski definition) is 5. The molecule has 3 rings (SSSR count). The highest BCUT2D eigenvalue weighted by molar-refractivity contribution is 5.82. The van der Waals surface area contributed by atoms with Crippen LogP contribution < -0.4 is 10.9 Å². The third-order valence-electron chi connectivity index (χ3n) is 7.93. The van der Waals surface area contributed by atoms with Gasteiger partial charge in [-0.2, -0.15) is 18.4 Å². The van der Waals surface area contributed by atoms with E-state index in [1.165, 1.54) is 13.0 Å². The highest BCUT2D eigenvalue weighted by Gasteiger charge is 2.36. The maximum atomic E-state index is 15.8. The lowest BCUT2D eigenvalue weighted by molar-refractivity contribution is -0.139. The number of nitrogens with one attached hydrogen (secondary N) is 1. The summed E-state index contributed by atoms with van der Waals surface area (Å²) in [6.45, 7) is 8.88. The summed E-state index contributed by atoms with van der Waals surface area (Å²) in [5, 5.41) is 21.7. The first-order valence-corrected chi connectivity index (χ1v) is 15.1. The lowest BCUT2D eigenvalue weighted by atomic mass is 9.89. The number of rotatable bonds is 12. The summed E-state index contributed by atoms with van der Waals surface area (Å²) in [7, 11) is 3.39. The third kappa shape index (κ3) is 9.07. The molecular weight excluding hydrogens is 616 g/mol. The Morgan fingerprint density at radius 3 is 2.17 bits per heavy atom. The van der Waals surface area contributed by atoms with Crippen LogP contribution >= 0.6 is 0 Å². The molecule has 0 bridgehead atoms. The monoisotopic (exact) mass is 656 g/mol. The Labute approximate surface area is 271 Å². The van der Waals surface area contributed by atoms with Crippen molar-refractivity contribution >= 4 is 11.9 Å². The number of carbonyl (C=O) groups excluding carboxylic acids is 1. The van der Waals surface area contributed by atoms with Crippen LogP contribution in [0.15, 0.2) is 41.3 Å². The highest BCUT2D eigenvalue weighted by Crippen LogP contribution is 2.35. The summed E-state index contributed by atoms with van der Waals surface area (Å²) in [6.07, 6.45) is -4.47. The van der Waals surface area contributed by atoms with E-state index in [0.717, 1.165) is 21.9 Å². The normalized spacial score (nSPS) is 13.0. The van der Waals surface area contributed by atoms with Gasteiger partial charge in [0.15, 0.2) is 0 Å². The molecule has 0 spiro atoms. The van der Waals surface area contributed by atoms with E-state index in [2.05, 4.69) is 11.4 Å². The van der Waals surface area contributed by atoms with Crippen LogP contribution in [0.5, 0.6) is 0 Å². The van der Waals surface area contributed by atoms with Crippen LogP contribution in [0.25, 0.3) is 11.1 Å². The number of pyridine rings is 1. The van der Waals surface area contributed by atoms with Crippen LogP contribution in [0, 0.1) is 43.8 Å². The van der Waals surface area contributed by atoms with Gasteiger partial charge in [-0.05, 0) is 111 Å². The number of aromatic nitrogens is 1. The van der Waals surface area contributed by atoms with Gasteiger partial charge in [-0.3, -0.25) is 14.4 Å². The first-order chi connectivity index (χ1) is 21.8. The zero-order valence-electron chi connectivity index (χ0n) is 27.6. The molecule has 0 radical (unpaired) electrons. The van der Waals surface area contributed by atoms with Crippen molar-refractivity contribution in [1.29, 1.82) is 5.26 Å². The van der Waals surface area contributed by atoms with E-state index in [1.807, 2.05) is 0 Å². The number of carbonyl (C=O) groups is 2. The summed E-state index contributed by atoms with van der Waals surface area (Å²) in [5.41, 5.74) is 0.965. The van der Waals surface area contributed by atoms with Crippen molar-refractivity contribution in [2.45, 2.75) is 72.1 Å². The van der Waals surface area contributed by atoms with Crippen LogP contribution in [0.2, 0.25) is 0 Å². The Balaban J connectivity index is 2.16. The summed E-state index contributed by atoms with van der Waals surface area (Å²) in [5.74, 6) is -3.10. The van der Waals surface area contributed by atoms with Crippen molar-refractivity contribution in [1.82, 2.24) is 14.8 Å². The Kier molecular flexibility index (Phi) is 11.7. The van der Waals surface area contributed by atoms with E-state index in [1.54, 1.807) is 64.9 Å². The van der Waals surface area contributed by atoms with Crippen LogP contribution in [0.4, 0.5) is 17.6 Å². The SMILES string of the molecule is Cc1cc(-c2c(C)cc(C#N)cc2C)cc(C(CC(=O)O)NC(=O)C(CC(C)C)n2cc(CCN(C)C)c(C(F)(F)F)cc2=O)c1F. The Morgan fingerprint density at radius 1 is 1.04 bits per heavy atom. The molecule has 12 heteroatoms. The predicted molar refractivity (Wildman–Crippen MR) is 170 cm³/mol. The van der Waals surface area contributed by atoms with Gasteiger partial charge < -0.3 is 19.9 Å². The Bertz CT molecular complexity index is 1730. The molecule has 1 amide bonds. The predicted octanol–water partition coefficient (Wildman–Crippen LogP) is 6.49. The van der Waals surface area contributed by atoms with Crippen molar-refractivity contribution in [3.63, 3.8) is 0 Å². The van der Waals surface area contributed by atoms with Gasteiger partial charge in [0.25, 0.3) is 5.56 Å². The molecule has 3 aromatic rings. The number of aliphatic carboxylic acids is 1. The second-order valence-corrected chi connectivity index (χ2v) is 12.6. The first kappa shape index (κ1) is 37.0. The van der Waals surface area contributed by atoms with Crippen molar-refractivity contribution in [2.24, 2.45) is 5.92 Å². The van der Waals surface area contributed by atoms with Gasteiger partial charge in [0.1, 0.15) is 11.9 Å². The van der Waals surface area contributed by atoms with Crippen molar-refractivity contribution in [2.75, 3.05) is 20.6 Å². The molecule has 0 aliphatic rings. The fraction of sp³-hybridized carbons (Fsp3) is 0.429. The van der Waals surface area contributed by atoms with Crippen LogP contribution in [0.3, 0.4) is 0 Å². The minimum absolute atomic E-state index is 0.0369. The molecule has 0 aliphatic heterocycles. The average molecular weight is 657 g/mol. The quantitative estimate of drug-likeness (QED) is 0.215. The summed E-state index contributed by atoms with van der Waals surface area (Å²) >= 11 is 0. The number of carboxylic acids is 1. The molecule has 1 aromatic heterocycles. The minimum Gasteiger partial charge on any atom is -0.481 e. The molecular formula is C35H40F4N4O4. The number of nitriles is 1. The van der Waals surface area contributed by atoms with E-state index in [9.17, 15) is 37.9 Å². The Hall–Kier alpha value is -4.50. The number of halogens is 4. The zero-order valence-corrected chi connectivity index (χ0v) is 27.6. The number of alkyl halides is 3. The average Bonchev–Trinajstić information content (AvgIpc) is 2.95.